The van der Waals surface area contributed by atoms with E-state index in [4.69, 9.17) is 23.2 Å². The van der Waals surface area contributed by atoms with E-state index in [1.807, 2.05) is 0 Å². The predicted molar refractivity (Wildman–Crippen MR) is 82.5 cm³/mol. The van der Waals surface area contributed by atoms with Crippen molar-refractivity contribution in [1.29, 1.82) is 0 Å². The maximum absolute atomic E-state index is 10.9. The van der Waals surface area contributed by atoms with E-state index in [1.54, 1.807) is 0 Å². The van der Waals surface area contributed by atoms with Crippen molar-refractivity contribution in [2.75, 3.05) is 20.6 Å². The maximum Gasteiger partial charge on any atom is 0.165 e. The summed E-state index contributed by atoms with van der Waals surface area (Å²) in [6, 6.07) is -2.13. The SMILES string of the molecule is [2H]c1c([2H])c(OC([2H])([2H])[2H])c2c3c1C[C@H]1N(C([2H])([2H])[2H])CC[C@@]34C([2H])(O2)C([2H])(O)C=C[C@@]14[2H]. The summed E-state index contributed by atoms with van der Waals surface area (Å²) in [5, 5.41) is 10.9. The Balaban J connectivity index is 1.89. The summed E-state index contributed by atoms with van der Waals surface area (Å²) in [6.07, 6.45) is -3.47. The zero-order valence-electron chi connectivity index (χ0n) is 22.6. The predicted octanol–water partition coefficient (Wildman–Crippen LogP) is 1.50. The van der Waals surface area contributed by atoms with Crippen LogP contribution in [0.3, 0.4) is 0 Å². The van der Waals surface area contributed by atoms with E-state index in [2.05, 4.69) is 0 Å². The van der Waals surface area contributed by atoms with E-state index < -0.39 is 61.4 Å². The van der Waals surface area contributed by atoms with Crippen LogP contribution >= 0.6 is 0 Å². The number of methoxy groups -OCH3 is 1. The van der Waals surface area contributed by atoms with E-state index in [1.165, 1.54) is 6.08 Å². The second kappa shape index (κ2) is 4.06. The molecular formula is C18H21NO3. The van der Waals surface area contributed by atoms with Crippen LogP contribution in [0.15, 0.2) is 24.2 Å². The lowest BCUT2D eigenvalue weighted by atomic mass is 9.53. The average molecular weight is 310 g/mol. The highest BCUT2D eigenvalue weighted by Gasteiger charge is 2.64. The van der Waals surface area contributed by atoms with Crippen molar-refractivity contribution in [3.63, 3.8) is 0 Å². The first-order valence-corrected chi connectivity index (χ1v) is 7.15. The van der Waals surface area contributed by atoms with Crippen LogP contribution in [-0.2, 0) is 11.8 Å². The minimum absolute atomic E-state index is 0.0733. The smallest absolute Gasteiger partial charge is 0.165 e. The van der Waals surface area contributed by atoms with Gasteiger partial charge in [0.2, 0.25) is 0 Å². The van der Waals surface area contributed by atoms with Gasteiger partial charge in [-0.15, -0.1) is 0 Å². The molecule has 2 bridgehead atoms. The molecule has 5 atom stereocenters. The van der Waals surface area contributed by atoms with Crippen molar-refractivity contribution in [2.24, 2.45) is 5.89 Å². The van der Waals surface area contributed by atoms with E-state index in [-0.39, 0.29) is 36.3 Å². The molecule has 4 aliphatic rings. The lowest BCUT2D eigenvalue weighted by molar-refractivity contribution is -0.0453. The van der Waals surface area contributed by atoms with Gasteiger partial charge in [-0.1, -0.05) is 18.2 Å². The van der Waals surface area contributed by atoms with Crippen molar-refractivity contribution in [2.45, 2.75) is 36.5 Å². The Hall–Kier alpha value is -1.52. The van der Waals surface area contributed by atoms with Gasteiger partial charge in [0.05, 0.1) is 16.6 Å². The minimum atomic E-state index is -3.02. The third-order valence-corrected chi connectivity index (χ3v) is 5.19. The molecule has 0 radical (unpaired) electrons. The molecule has 4 heteroatoms. The van der Waals surface area contributed by atoms with Gasteiger partial charge in [-0.2, -0.15) is 0 Å². The fraction of sp³-hybridized carbons (Fsp3) is 0.556. The highest BCUT2D eigenvalue weighted by Crippen LogP contribution is 2.62. The molecule has 1 aromatic carbocycles. The number of ether oxygens (including phenoxy) is 2. The Morgan fingerprint density at radius 1 is 1.55 bits per heavy atom. The maximum atomic E-state index is 10.9. The molecular weight excluding hydrogens is 278 g/mol. The van der Waals surface area contributed by atoms with Gasteiger partial charge < -0.3 is 19.5 Å². The summed E-state index contributed by atoms with van der Waals surface area (Å²) >= 11 is 0. The molecule has 0 amide bonds. The fourth-order valence-corrected chi connectivity index (χ4v) is 4.32. The fourth-order valence-electron chi connectivity index (χ4n) is 4.32. The Kier molecular flexibility index (Phi) is 1.14. The standard InChI is InChI=1S/C18H21NO3/c1-19-8-7-18-11-4-5-13(20)17(18)22-16-14(21-2)6-3-10(15(16)18)9-12(11)19/h3-6,11-13,17,20H,7-9H2,1-2H3/t11-,12+,13?,17?,18-/m0/s1/i1D3,2D3,3D,6D,11D,13D,17D. The van der Waals surface area contributed by atoms with Gasteiger partial charge in [0.25, 0.3) is 0 Å². The van der Waals surface area contributed by atoms with Crippen LogP contribution in [0.4, 0.5) is 0 Å². The summed E-state index contributed by atoms with van der Waals surface area (Å²) in [5.41, 5.74) is -1.60. The first kappa shape index (κ1) is 6.17. The molecule has 2 aliphatic carbocycles. The molecule has 2 heterocycles. The van der Waals surface area contributed by atoms with E-state index in [9.17, 15) is 6.48 Å². The van der Waals surface area contributed by atoms with E-state index in [0.717, 1.165) is 11.0 Å². The molecule has 2 unspecified atom stereocenters. The molecule has 5 rings (SSSR count). The molecule has 1 aromatic rings. The second-order valence-electron chi connectivity index (χ2n) is 6.04. The van der Waals surface area contributed by atoms with E-state index >= 15 is 0 Å². The van der Waals surface area contributed by atoms with Gasteiger partial charge in [0, 0.05) is 28.4 Å². The zero-order chi connectivity index (χ0) is 24.6. The quantitative estimate of drug-likeness (QED) is 0.798. The average Bonchev–Trinajstić information content (AvgIpc) is 2.92. The van der Waals surface area contributed by atoms with Crippen molar-refractivity contribution in [1.82, 2.24) is 4.90 Å². The Bertz CT molecular complexity index is 1100. The van der Waals surface area contributed by atoms with Gasteiger partial charge in [0.15, 0.2) is 11.5 Å². The topological polar surface area (TPSA) is 41.9 Å². The lowest BCUT2D eigenvalue weighted by Gasteiger charge is -2.56. The van der Waals surface area contributed by atoms with Crippen molar-refractivity contribution < 1.29 is 29.7 Å². The third-order valence-electron chi connectivity index (χ3n) is 5.19. The number of aliphatic hydroxyl groups is 1. The molecule has 1 fully saturated rings. The summed E-state index contributed by atoms with van der Waals surface area (Å²) < 4.78 is 101. The first-order valence-electron chi connectivity index (χ1n) is 12.7. The first-order chi connectivity index (χ1) is 14.9. The molecule has 116 valence electrons. The number of likely N-dealkylation sites (N-methyl/N-ethyl adjacent to an activating group) is 1. The highest BCUT2D eigenvalue weighted by atomic mass is 16.5. The molecule has 1 N–H and O–H groups in total. The minimum Gasteiger partial charge on any atom is -0.493 e. The largest absolute Gasteiger partial charge is 0.493 e. The summed E-state index contributed by atoms with van der Waals surface area (Å²) in [7, 11) is -3.02. The summed E-state index contributed by atoms with van der Waals surface area (Å²) in [5.74, 6) is -2.84. The van der Waals surface area contributed by atoms with Crippen LogP contribution in [0.5, 0.6) is 11.5 Å². The third kappa shape index (κ3) is 1.28. The van der Waals surface area contributed by atoms with Crippen molar-refractivity contribution in [3.05, 3.63) is 35.4 Å². The number of benzene rings is 1. The van der Waals surface area contributed by atoms with Crippen molar-refractivity contribution >= 4 is 0 Å². The lowest BCUT2D eigenvalue weighted by Crippen LogP contribution is -2.64. The Labute approximate surface area is 145 Å². The van der Waals surface area contributed by atoms with Gasteiger partial charge >= 0.3 is 0 Å². The Morgan fingerprint density at radius 3 is 3.36 bits per heavy atom. The number of hydrogen-bond acceptors (Lipinski definition) is 4. The molecule has 1 spiro atoms. The molecule has 0 saturated carbocycles. The van der Waals surface area contributed by atoms with Crippen LogP contribution in [0.25, 0.3) is 0 Å². The number of nitrogens with zero attached hydrogens (tertiary/aromatic N) is 1. The molecule has 2 aliphatic heterocycles. The van der Waals surface area contributed by atoms with Gasteiger partial charge in [-0.05, 0) is 38.0 Å². The number of piperidine rings is 1. The Morgan fingerprint density at radius 2 is 2.50 bits per heavy atom. The highest BCUT2D eigenvalue weighted by molar-refractivity contribution is 5.62. The molecule has 0 aromatic heterocycles. The summed E-state index contributed by atoms with van der Waals surface area (Å²) in [6.45, 7) is -2.70. The van der Waals surface area contributed by atoms with Gasteiger partial charge in [-0.3, -0.25) is 0 Å². The molecule has 1 saturated heterocycles. The number of likely N-dealkylation sites (tertiary alicyclic amines) is 1. The summed E-state index contributed by atoms with van der Waals surface area (Å²) in [4.78, 5) is 1.14. The van der Waals surface area contributed by atoms with Gasteiger partial charge in [0.1, 0.15) is 12.2 Å². The monoisotopic (exact) mass is 310 g/mol. The van der Waals surface area contributed by atoms with Crippen LogP contribution in [0.2, 0.25) is 0 Å². The van der Waals surface area contributed by atoms with E-state index in [0.29, 0.717) is 0 Å². The van der Waals surface area contributed by atoms with Crippen LogP contribution in [0.1, 0.15) is 32.6 Å². The van der Waals surface area contributed by atoms with Crippen LogP contribution < -0.4 is 9.47 Å². The normalized spacial score (nSPS) is 59.5. The van der Waals surface area contributed by atoms with Crippen LogP contribution in [0, 0.1) is 5.89 Å². The second-order valence-corrected chi connectivity index (χ2v) is 6.04. The van der Waals surface area contributed by atoms with Crippen LogP contribution in [-0.4, -0.2) is 48.8 Å². The number of hydrogen-bond donors (Lipinski definition) is 1. The van der Waals surface area contributed by atoms with Crippen molar-refractivity contribution in [3.8, 4) is 11.5 Å². The number of rotatable bonds is 1. The molecule has 4 nitrogen and oxygen atoms in total. The van der Waals surface area contributed by atoms with Gasteiger partial charge in [-0.25, -0.2) is 0 Å². The zero-order valence-corrected chi connectivity index (χ0v) is 11.6. The molecule has 22 heavy (non-hydrogen) atoms.